The molecule has 0 bridgehead atoms. The number of carbonyl (C=O) groups excluding carboxylic acids is 2. The van der Waals surface area contributed by atoms with Crippen LogP contribution >= 0.6 is 0 Å². The van der Waals surface area contributed by atoms with Gasteiger partial charge in [0, 0.05) is 23.9 Å². The lowest BCUT2D eigenvalue weighted by atomic mass is 10.1. The fraction of sp³-hybridized carbons (Fsp3) is 0.158. The molecule has 0 saturated heterocycles. The van der Waals surface area contributed by atoms with Crippen molar-refractivity contribution in [3.63, 3.8) is 0 Å². The minimum atomic E-state index is -0.235. The van der Waals surface area contributed by atoms with Gasteiger partial charge < -0.3 is 10.6 Å². The van der Waals surface area contributed by atoms with Crippen LogP contribution in [0, 0.1) is 6.92 Å². The Hall–Kier alpha value is -2.88. The molecule has 4 nitrogen and oxygen atoms in total. The molecule has 2 rings (SSSR count). The van der Waals surface area contributed by atoms with E-state index < -0.39 is 0 Å². The van der Waals surface area contributed by atoms with Gasteiger partial charge in [0.25, 0.3) is 5.91 Å². The Bertz CT molecular complexity index is 736. The number of hydrogen-bond acceptors (Lipinski definition) is 2. The molecule has 0 aliphatic rings. The van der Waals surface area contributed by atoms with Crippen molar-refractivity contribution in [2.45, 2.75) is 13.8 Å². The fourth-order valence-electron chi connectivity index (χ4n) is 2.12. The van der Waals surface area contributed by atoms with Gasteiger partial charge in [-0.2, -0.15) is 0 Å². The quantitative estimate of drug-likeness (QED) is 0.832. The third kappa shape index (κ3) is 4.81. The molecule has 0 aromatic heterocycles. The summed E-state index contributed by atoms with van der Waals surface area (Å²) in [6.45, 7) is 4.42. The first-order chi connectivity index (χ1) is 11.1. The molecule has 2 aromatic rings. The van der Waals surface area contributed by atoms with Gasteiger partial charge in [0.15, 0.2) is 0 Å². The summed E-state index contributed by atoms with van der Waals surface area (Å²) in [5.74, 6) is -0.389. The maximum absolute atomic E-state index is 12.0. The molecule has 0 heterocycles. The number of hydrogen-bond donors (Lipinski definition) is 2. The third-order valence-corrected chi connectivity index (χ3v) is 3.33. The summed E-state index contributed by atoms with van der Waals surface area (Å²) in [6, 6.07) is 14.7. The smallest absolute Gasteiger partial charge is 0.251 e. The SMILES string of the molecule is CCNC(=O)c1cccc(NC(=O)C=Cc2ccccc2C)c1. The lowest BCUT2D eigenvalue weighted by Gasteiger charge is -2.06. The molecular formula is C19H20N2O2. The van der Waals surface area contributed by atoms with Gasteiger partial charge in [0.2, 0.25) is 5.91 Å². The molecule has 0 atom stereocenters. The highest BCUT2D eigenvalue weighted by atomic mass is 16.2. The highest BCUT2D eigenvalue weighted by Crippen LogP contribution is 2.12. The first-order valence-corrected chi connectivity index (χ1v) is 7.53. The van der Waals surface area contributed by atoms with Gasteiger partial charge >= 0.3 is 0 Å². The van der Waals surface area contributed by atoms with Gasteiger partial charge in [-0.3, -0.25) is 9.59 Å². The van der Waals surface area contributed by atoms with E-state index in [9.17, 15) is 9.59 Å². The van der Waals surface area contributed by atoms with Gasteiger partial charge in [-0.05, 0) is 49.2 Å². The molecule has 0 unspecified atom stereocenters. The predicted octanol–water partition coefficient (Wildman–Crippen LogP) is 3.40. The average molecular weight is 308 g/mol. The Morgan fingerprint density at radius 1 is 1.09 bits per heavy atom. The normalized spacial score (nSPS) is 10.5. The Kier molecular flexibility index (Phi) is 5.69. The summed E-state index contributed by atoms with van der Waals surface area (Å²) in [6.07, 6.45) is 3.26. The standard InChI is InChI=1S/C19H20N2O2/c1-3-20-19(23)16-9-6-10-17(13-16)21-18(22)12-11-15-8-5-4-7-14(15)2/h4-13H,3H2,1-2H3,(H,20,23)(H,21,22). The molecule has 0 radical (unpaired) electrons. The highest BCUT2D eigenvalue weighted by Gasteiger charge is 2.05. The third-order valence-electron chi connectivity index (χ3n) is 3.33. The lowest BCUT2D eigenvalue weighted by molar-refractivity contribution is -0.111. The van der Waals surface area contributed by atoms with Gasteiger partial charge in [-0.25, -0.2) is 0 Å². The van der Waals surface area contributed by atoms with Crippen molar-refractivity contribution in [1.82, 2.24) is 5.32 Å². The van der Waals surface area contributed by atoms with Crippen molar-refractivity contribution in [2.75, 3.05) is 11.9 Å². The van der Waals surface area contributed by atoms with E-state index in [1.54, 1.807) is 30.3 Å². The first kappa shape index (κ1) is 16.5. The van der Waals surface area contributed by atoms with Crippen molar-refractivity contribution >= 4 is 23.6 Å². The molecule has 0 fully saturated rings. The van der Waals surface area contributed by atoms with E-state index in [2.05, 4.69) is 10.6 Å². The zero-order valence-corrected chi connectivity index (χ0v) is 13.3. The van der Waals surface area contributed by atoms with E-state index in [4.69, 9.17) is 0 Å². The Morgan fingerprint density at radius 2 is 1.87 bits per heavy atom. The van der Waals surface area contributed by atoms with Crippen LogP contribution in [0.3, 0.4) is 0 Å². The van der Waals surface area contributed by atoms with Gasteiger partial charge in [-0.1, -0.05) is 30.3 Å². The van der Waals surface area contributed by atoms with Crippen molar-refractivity contribution in [3.05, 3.63) is 71.3 Å². The molecule has 118 valence electrons. The second kappa shape index (κ2) is 7.94. The number of rotatable bonds is 5. The Balaban J connectivity index is 2.04. The largest absolute Gasteiger partial charge is 0.352 e. The number of amides is 2. The molecule has 0 aliphatic carbocycles. The van der Waals surface area contributed by atoms with Gasteiger partial charge in [0.05, 0.1) is 0 Å². The second-order valence-corrected chi connectivity index (χ2v) is 5.12. The minimum Gasteiger partial charge on any atom is -0.352 e. The zero-order chi connectivity index (χ0) is 16.7. The van der Waals surface area contributed by atoms with Crippen LogP contribution < -0.4 is 10.6 Å². The Labute approximate surface area is 136 Å². The van der Waals surface area contributed by atoms with Crippen LogP contribution in [-0.2, 0) is 4.79 Å². The molecule has 2 amide bonds. The summed E-state index contributed by atoms with van der Waals surface area (Å²) < 4.78 is 0. The topological polar surface area (TPSA) is 58.2 Å². The van der Waals surface area contributed by atoms with Crippen LogP contribution in [0.5, 0.6) is 0 Å². The summed E-state index contributed by atoms with van der Waals surface area (Å²) in [7, 11) is 0. The van der Waals surface area contributed by atoms with Crippen LogP contribution in [0.2, 0.25) is 0 Å². The van der Waals surface area contributed by atoms with E-state index in [1.165, 1.54) is 6.08 Å². The maximum atomic E-state index is 12.0. The van der Waals surface area contributed by atoms with Crippen molar-refractivity contribution in [1.29, 1.82) is 0 Å². The molecule has 23 heavy (non-hydrogen) atoms. The molecular weight excluding hydrogens is 288 g/mol. The van der Waals surface area contributed by atoms with Gasteiger partial charge in [0.1, 0.15) is 0 Å². The fourth-order valence-corrected chi connectivity index (χ4v) is 2.12. The predicted molar refractivity (Wildman–Crippen MR) is 93.3 cm³/mol. The van der Waals surface area contributed by atoms with E-state index >= 15 is 0 Å². The molecule has 0 spiro atoms. The van der Waals surface area contributed by atoms with E-state index in [1.807, 2.05) is 38.1 Å². The molecule has 2 N–H and O–H groups in total. The minimum absolute atomic E-state index is 0.154. The van der Waals surface area contributed by atoms with Crippen LogP contribution in [-0.4, -0.2) is 18.4 Å². The van der Waals surface area contributed by atoms with Crippen molar-refractivity contribution in [3.8, 4) is 0 Å². The van der Waals surface area contributed by atoms with Gasteiger partial charge in [-0.15, -0.1) is 0 Å². The second-order valence-electron chi connectivity index (χ2n) is 5.12. The summed E-state index contributed by atoms with van der Waals surface area (Å²) in [5.41, 5.74) is 3.22. The van der Waals surface area contributed by atoms with Crippen LogP contribution in [0.4, 0.5) is 5.69 Å². The number of carbonyl (C=O) groups is 2. The van der Waals surface area contributed by atoms with Crippen molar-refractivity contribution in [2.24, 2.45) is 0 Å². The van der Waals surface area contributed by atoms with E-state index in [0.29, 0.717) is 17.8 Å². The Morgan fingerprint density at radius 3 is 2.61 bits per heavy atom. The molecule has 2 aromatic carbocycles. The summed E-state index contributed by atoms with van der Waals surface area (Å²) in [4.78, 5) is 23.8. The van der Waals surface area contributed by atoms with E-state index in [0.717, 1.165) is 11.1 Å². The average Bonchev–Trinajstić information content (AvgIpc) is 2.54. The van der Waals surface area contributed by atoms with Crippen molar-refractivity contribution < 1.29 is 9.59 Å². The van der Waals surface area contributed by atoms with Crippen LogP contribution in [0.1, 0.15) is 28.4 Å². The lowest BCUT2D eigenvalue weighted by Crippen LogP contribution is -2.22. The molecule has 0 saturated carbocycles. The monoisotopic (exact) mass is 308 g/mol. The molecule has 0 aliphatic heterocycles. The first-order valence-electron chi connectivity index (χ1n) is 7.53. The summed E-state index contributed by atoms with van der Waals surface area (Å²) >= 11 is 0. The number of aryl methyl sites for hydroxylation is 1. The number of benzene rings is 2. The van der Waals surface area contributed by atoms with E-state index in [-0.39, 0.29) is 11.8 Å². The summed E-state index contributed by atoms with van der Waals surface area (Å²) in [5, 5.41) is 5.49. The number of anilines is 1. The van der Waals surface area contributed by atoms with Crippen LogP contribution in [0.15, 0.2) is 54.6 Å². The zero-order valence-electron chi connectivity index (χ0n) is 13.3. The number of nitrogens with one attached hydrogen (secondary N) is 2. The highest BCUT2D eigenvalue weighted by molar-refractivity contribution is 6.03. The van der Waals surface area contributed by atoms with Crippen LogP contribution in [0.25, 0.3) is 6.08 Å². The maximum Gasteiger partial charge on any atom is 0.251 e. The molecule has 4 heteroatoms.